The fourth-order valence-electron chi connectivity index (χ4n) is 4.54. The molecular weight excluding hydrogens is 464 g/mol. The van der Waals surface area contributed by atoms with Crippen LogP contribution in [0.2, 0.25) is 5.02 Å². The van der Waals surface area contributed by atoms with Crippen molar-refractivity contribution < 1.29 is 14.7 Å². The smallest absolute Gasteiger partial charge is 0.326 e. The topological polar surface area (TPSA) is 88.3 Å². The zero-order valence-electron chi connectivity index (χ0n) is 19.0. The first-order valence-electron chi connectivity index (χ1n) is 11.3. The first kappa shape index (κ1) is 22.8. The number of likely N-dealkylation sites (tertiary alicyclic amines) is 1. The highest BCUT2D eigenvalue weighted by Gasteiger charge is 2.42. The number of rotatable bonds is 5. The van der Waals surface area contributed by atoms with Gasteiger partial charge >= 0.3 is 5.97 Å². The molecule has 0 bridgehead atoms. The Labute approximate surface area is 207 Å². The second-order valence-electron chi connectivity index (χ2n) is 8.64. The molecule has 1 amide bonds. The van der Waals surface area contributed by atoms with Crippen molar-refractivity contribution >= 4 is 23.5 Å². The van der Waals surface area contributed by atoms with Crippen molar-refractivity contribution in [2.45, 2.75) is 31.8 Å². The molecule has 0 radical (unpaired) electrons. The number of aryl methyl sites for hydroxylation is 1. The number of nitrogens with zero attached hydrogens (tertiary/aromatic N) is 4. The summed E-state index contributed by atoms with van der Waals surface area (Å²) in [6, 6.07) is 20.9. The molecule has 1 aromatic heterocycles. The molecule has 3 aromatic carbocycles. The average Bonchev–Trinajstić information content (AvgIpc) is 3.53. The molecule has 0 unspecified atom stereocenters. The largest absolute Gasteiger partial charge is 0.480 e. The van der Waals surface area contributed by atoms with Crippen LogP contribution in [0.4, 0.5) is 0 Å². The van der Waals surface area contributed by atoms with Crippen LogP contribution < -0.4 is 0 Å². The SMILES string of the molecule is Cc1ccc(-c2cn(-c3ccc(C(=O)N4[C@@H](c5ccccc5Cl)CC[C@H]4C(=O)O)cc3)nn2)cc1. The van der Waals surface area contributed by atoms with Gasteiger partial charge in [-0.3, -0.25) is 4.79 Å². The maximum Gasteiger partial charge on any atom is 0.326 e. The zero-order chi connectivity index (χ0) is 24.5. The third-order valence-corrected chi connectivity index (χ3v) is 6.73. The summed E-state index contributed by atoms with van der Waals surface area (Å²) < 4.78 is 1.64. The molecule has 0 aliphatic carbocycles. The molecule has 5 rings (SSSR count). The van der Waals surface area contributed by atoms with E-state index >= 15 is 0 Å². The van der Waals surface area contributed by atoms with E-state index in [9.17, 15) is 14.7 Å². The van der Waals surface area contributed by atoms with E-state index in [1.807, 2.05) is 55.6 Å². The lowest BCUT2D eigenvalue weighted by molar-refractivity contribution is -0.141. The molecule has 1 saturated heterocycles. The summed E-state index contributed by atoms with van der Waals surface area (Å²) in [4.78, 5) is 26.9. The molecule has 0 saturated carbocycles. The van der Waals surface area contributed by atoms with Gasteiger partial charge in [-0.2, -0.15) is 0 Å². The maximum atomic E-state index is 13.5. The van der Waals surface area contributed by atoms with Crippen molar-refractivity contribution in [1.29, 1.82) is 0 Å². The number of carbonyl (C=O) groups excluding carboxylic acids is 1. The van der Waals surface area contributed by atoms with Crippen LogP contribution in [0, 0.1) is 6.92 Å². The molecule has 2 atom stereocenters. The summed E-state index contributed by atoms with van der Waals surface area (Å²) in [5, 5.41) is 18.8. The summed E-state index contributed by atoms with van der Waals surface area (Å²) >= 11 is 6.39. The summed E-state index contributed by atoms with van der Waals surface area (Å²) in [6.07, 6.45) is 2.73. The first-order chi connectivity index (χ1) is 16.9. The average molecular weight is 487 g/mol. The molecule has 1 aliphatic rings. The molecular formula is C27H23ClN4O3. The lowest BCUT2D eigenvalue weighted by atomic mass is 10.0. The Bertz CT molecular complexity index is 1380. The predicted octanol–water partition coefficient (Wildman–Crippen LogP) is 5.33. The van der Waals surface area contributed by atoms with Crippen molar-refractivity contribution in [3.63, 3.8) is 0 Å². The third kappa shape index (κ3) is 4.42. The molecule has 0 spiro atoms. The second-order valence-corrected chi connectivity index (χ2v) is 9.05. The van der Waals surface area contributed by atoms with Crippen LogP contribution in [0.1, 0.15) is 40.4 Å². The minimum absolute atomic E-state index is 0.342. The van der Waals surface area contributed by atoms with Gasteiger partial charge < -0.3 is 10.0 Å². The van der Waals surface area contributed by atoms with E-state index in [1.165, 1.54) is 10.5 Å². The monoisotopic (exact) mass is 486 g/mol. The van der Waals surface area contributed by atoms with E-state index in [-0.39, 0.29) is 5.91 Å². The highest BCUT2D eigenvalue weighted by molar-refractivity contribution is 6.31. The van der Waals surface area contributed by atoms with Crippen molar-refractivity contribution in [1.82, 2.24) is 19.9 Å². The van der Waals surface area contributed by atoms with Crippen molar-refractivity contribution in [2.75, 3.05) is 0 Å². The van der Waals surface area contributed by atoms with E-state index in [1.54, 1.807) is 35.0 Å². The van der Waals surface area contributed by atoms with Gasteiger partial charge in [0.15, 0.2) is 0 Å². The molecule has 2 heterocycles. The van der Waals surface area contributed by atoms with Gasteiger partial charge in [0.1, 0.15) is 11.7 Å². The molecule has 35 heavy (non-hydrogen) atoms. The number of amides is 1. The van der Waals surface area contributed by atoms with Gasteiger partial charge in [0.2, 0.25) is 0 Å². The van der Waals surface area contributed by atoms with Crippen molar-refractivity contribution in [3.8, 4) is 16.9 Å². The van der Waals surface area contributed by atoms with Crippen molar-refractivity contribution in [3.05, 3.63) is 101 Å². The van der Waals surface area contributed by atoms with E-state index in [0.717, 1.165) is 22.5 Å². The van der Waals surface area contributed by atoms with E-state index < -0.39 is 18.1 Å². The Hall–Kier alpha value is -3.97. The molecule has 176 valence electrons. The molecule has 1 fully saturated rings. The van der Waals surface area contributed by atoms with Gasteiger partial charge in [-0.1, -0.05) is 64.8 Å². The van der Waals surface area contributed by atoms with Crippen LogP contribution in [0.5, 0.6) is 0 Å². The highest BCUT2D eigenvalue weighted by Crippen LogP contribution is 2.40. The third-order valence-electron chi connectivity index (χ3n) is 6.39. The Balaban J connectivity index is 1.41. The summed E-state index contributed by atoms with van der Waals surface area (Å²) in [5.41, 5.74) is 4.78. The minimum atomic E-state index is -1.02. The Morgan fingerprint density at radius 3 is 2.37 bits per heavy atom. The number of hydrogen-bond acceptors (Lipinski definition) is 4. The molecule has 7 nitrogen and oxygen atoms in total. The predicted molar refractivity (Wildman–Crippen MR) is 133 cm³/mol. The number of halogens is 1. The number of benzene rings is 3. The number of aromatic nitrogens is 3. The van der Waals surface area contributed by atoms with Crippen molar-refractivity contribution in [2.24, 2.45) is 0 Å². The number of hydrogen-bond donors (Lipinski definition) is 1. The summed E-state index contributed by atoms with van der Waals surface area (Å²) in [7, 11) is 0. The van der Waals surface area contributed by atoms with Gasteiger partial charge in [0.25, 0.3) is 5.91 Å². The maximum absolute atomic E-state index is 13.5. The van der Waals surface area contributed by atoms with Gasteiger partial charge in [-0.05, 0) is 55.7 Å². The van der Waals surface area contributed by atoms with E-state index in [2.05, 4.69) is 10.3 Å². The molecule has 1 aliphatic heterocycles. The molecule has 8 heteroatoms. The Kier molecular flexibility index (Phi) is 6.09. The van der Waals surface area contributed by atoms with Crippen LogP contribution in [0.15, 0.2) is 79.0 Å². The number of carboxylic acids is 1. The number of carbonyl (C=O) groups is 2. The zero-order valence-corrected chi connectivity index (χ0v) is 19.8. The summed E-state index contributed by atoms with van der Waals surface area (Å²) in [5.74, 6) is -1.36. The van der Waals surface area contributed by atoms with Crippen LogP contribution in [-0.2, 0) is 4.79 Å². The highest BCUT2D eigenvalue weighted by atomic mass is 35.5. The van der Waals surface area contributed by atoms with Gasteiger partial charge in [-0.25, -0.2) is 9.48 Å². The Morgan fingerprint density at radius 1 is 0.971 bits per heavy atom. The standard InChI is InChI=1S/C27H23ClN4O3/c1-17-6-8-18(9-7-17)23-16-31(30-29-23)20-12-10-19(11-13-20)26(33)32-24(14-15-25(32)27(34)35)21-4-2-3-5-22(21)28/h2-13,16,24-25H,14-15H2,1H3,(H,34,35)/t24-,25+/m1/s1. The van der Waals surface area contributed by atoms with Crippen LogP contribution >= 0.6 is 11.6 Å². The minimum Gasteiger partial charge on any atom is -0.480 e. The normalized spacial score (nSPS) is 17.5. The van der Waals surface area contributed by atoms with Gasteiger partial charge in [0.05, 0.1) is 17.9 Å². The van der Waals surface area contributed by atoms with E-state index in [4.69, 9.17) is 11.6 Å². The first-order valence-corrected chi connectivity index (χ1v) is 11.7. The lowest BCUT2D eigenvalue weighted by Crippen LogP contribution is -2.41. The quantitative estimate of drug-likeness (QED) is 0.412. The summed E-state index contributed by atoms with van der Waals surface area (Å²) in [6.45, 7) is 2.03. The fourth-order valence-corrected chi connectivity index (χ4v) is 4.80. The lowest BCUT2D eigenvalue weighted by Gasteiger charge is -2.29. The Morgan fingerprint density at radius 2 is 1.69 bits per heavy atom. The van der Waals surface area contributed by atoms with Gasteiger partial charge in [0, 0.05) is 16.1 Å². The second kappa shape index (κ2) is 9.35. The fraction of sp³-hybridized carbons (Fsp3) is 0.185. The molecule has 4 aromatic rings. The number of carboxylic acid groups (broad SMARTS) is 1. The van der Waals surface area contributed by atoms with E-state index in [0.29, 0.717) is 23.4 Å². The van der Waals surface area contributed by atoms with Gasteiger partial charge in [-0.15, -0.1) is 5.10 Å². The molecule has 1 N–H and O–H groups in total. The van der Waals surface area contributed by atoms with Crippen LogP contribution in [0.3, 0.4) is 0 Å². The van der Waals surface area contributed by atoms with Crippen LogP contribution in [-0.4, -0.2) is 42.9 Å². The number of aliphatic carboxylic acids is 1. The van der Waals surface area contributed by atoms with Crippen LogP contribution in [0.25, 0.3) is 16.9 Å².